The Morgan fingerprint density at radius 3 is 2.62 bits per heavy atom. The molecule has 2 aromatic carbocycles. The second-order valence-electron chi connectivity index (χ2n) is 6.17. The lowest BCUT2D eigenvalue weighted by atomic mass is 9.81. The van der Waals surface area contributed by atoms with Gasteiger partial charge in [0.2, 0.25) is 5.91 Å². The van der Waals surface area contributed by atoms with Crippen molar-refractivity contribution in [1.82, 2.24) is 5.32 Å². The molecule has 1 spiro atoms. The minimum absolute atomic E-state index is 0. The molecule has 0 bridgehead atoms. The van der Waals surface area contributed by atoms with Crippen LogP contribution in [0.25, 0.3) is 0 Å². The zero-order chi connectivity index (χ0) is 16.0. The number of hydrogen-bond donors (Lipinski definition) is 1. The van der Waals surface area contributed by atoms with Crippen LogP contribution in [0.1, 0.15) is 17.5 Å². The maximum absolute atomic E-state index is 13.2. The number of carbonyl (C=O) groups excluding carboxylic acids is 1. The predicted molar refractivity (Wildman–Crippen MR) is 101 cm³/mol. The highest BCUT2D eigenvalue weighted by atomic mass is 35.5. The number of nitrogens with zero attached hydrogens (tertiary/aromatic N) is 1. The van der Waals surface area contributed by atoms with Gasteiger partial charge in [-0.15, -0.1) is 12.4 Å². The van der Waals surface area contributed by atoms with E-state index in [1.807, 2.05) is 35.2 Å². The van der Waals surface area contributed by atoms with Gasteiger partial charge in [-0.1, -0.05) is 47.5 Å². The largest absolute Gasteiger partial charge is 0.315 e. The molecule has 2 aliphatic heterocycles. The van der Waals surface area contributed by atoms with Crippen LogP contribution in [0.2, 0.25) is 10.0 Å². The summed E-state index contributed by atoms with van der Waals surface area (Å²) in [6, 6.07) is 13.6. The van der Waals surface area contributed by atoms with Crippen molar-refractivity contribution in [3.63, 3.8) is 0 Å². The molecule has 4 rings (SSSR count). The van der Waals surface area contributed by atoms with Crippen LogP contribution in [0.3, 0.4) is 0 Å². The number of anilines is 1. The minimum Gasteiger partial charge on any atom is -0.315 e. The molecule has 6 heteroatoms. The third kappa shape index (κ3) is 2.60. The van der Waals surface area contributed by atoms with E-state index in [2.05, 4.69) is 11.4 Å². The molecule has 0 aromatic heterocycles. The van der Waals surface area contributed by atoms with Crippen molar-refractivity contribution >= 4 is 47.2 Å². The Balaban J connectivity index is 0.00000169. The van der Waals surface area contributed by atoms with E-state index in [0.29, 0.717) is 23.1 Å². The second kappa shape index (κ2) is 6.57. The Bertz CT molecular complexity index is 788. The van der Waals surface area contributed by atoms with Gasteiger partial charge in [-0.3, -0.25) is 4.79 Å². The number of fused-ring (bicyclic) bond motifs is 2. The van der Waals surface area contributed by atoms with Crippen LogP contribution in [0, 0.1) is 0 Å². The fraction of sp³-hybridized carbons (Fsp3) is 0.278. The molecular formula is C18H17Cl3N2O. The maximum atomic E-state index is 13.2. The number of para-hydroxylation sites is 1. The van der Waals surface area contributed by atoms with Crippen molar-refractivity contribution in [1.29, 1.82) is 0 Å². The van der Waals surface area contributed by atoms with E-state index in [1.54, 1.807) is 6.07 Å². The summed E-state index contributed by atoms with van der Waals surface area (Å²) in [5, 5.41) is 4.38. The first kappa shape index (κ1) is 17.6. The van der Waals surface area contributed by atoms with Gasteiger partial charge < -0.3 is 10.2 Å². The van der Waals surface area contributed by atoms with Crippen molar-refractivity contribution in [2.45, 2.75) is 18.4 Å². The molecule has 0 saturated carbocycles. The summed E-state index contributed by atoms with van der Waals surface area (Å²) in [6.45, 7) is 2.09. The highest BCUT2D eigenvalue weighted by Crippen LogP contribution is 2.45. The van der Waals surface area contributed by atoms with Gasteiger partial charge in [0, 0.05) is 12.2 Å². The SMILES string of the molecule is Cl.O=C1N(Cc2ccc(Cl)c(Cl)c2)c2ccccc2C12CCNC2. The molecule has 1 amide bonds. The van der Waals surface area contributed by atoms with Crippen LogP contribution < -0.4 is 10.2 Å². The van der Waals surface area contributed by atoms with Crippen molar-refractivity contribution in [2.75, 3.05) is 18.0 Å². The van der Waals surface area contributed by atoms with Gasteiger partial charge in [-0.05, 0) is 42.3 Å². The standard InChI is InChI=1S/C18H16Cl2N2O.ClH/c19-14-6-5-12(9-15(14)20)10-22-16-4-2-1-3-13(16)18(17(22)23)7-8-21-11-18;/h1-6,9,21H,7-8,10-11H2;1H. The second-order valence-corrected chi connectivity index (χ2v) is 6.98. The summed E-state index contributed by atoms with van der Waals surface area (Å²) in [6.07, 6.45) is 0.848. The number of halogens is 3. The zero-order valence-electron chi connectivity index (χ0n) is 12.9. The van der Waals surface area contributed by atoms with E-state index < -0.39 is 5.41 Å². The van der Waals surface area contributed by atoms with Gasteiger partial charge in [0.05, 0.1) is 22.0 Å². The van der Waals surface area contributed by atoms with E-state index >= 15 is 0 Å². The quantitative estimate of drug-likeness (QED) is 0.843. The fourth-order valence-corrected chi connectivity index (χ4v) is 4.00. The third-order valence-corrected chi connectivity index (χ3v) is 5.58. The Hall–Kier alpha value is -1.26. The molecule has 0 radical (unpaired) electrons. The highest BCUT2D eigenvalue weighted by molar-refractivity contribution is 6.42. The summed E-state index contributed by atoms with van der Waals surface area (Å²) in [5.41, 5.74) is 2.71. The topological polar surface area (TPSA) is 32.3 Å². The Morgan fingerprint density at radius 1 is 1.12 bits per heavy atom. The fourth-order valence-electron chi connectivity index (χ4n) is 3.68. The van der Waals surface area contributed by atoms with Gasteiger partial charge in [-0.2, -0.15) is 0 Å². The molecule has 3 nitrogen and oxygen atoms in total. The first-order valence-electron chi connectivity index (χ1n) is 7.68. The molecule has 1 atom stereocenters. The van der Waals surface area contributed by atoms with Gasteiger partial charge in [0.15, 0.2) is 0 Å². The molecule has 24 heavy (non-hydrogen) atoms. The number of benzene rings is 2. The van der Waals surface area contributed by atoms with Gasteiger partial charge in [0.1, 0.15) is 0 Å². The van der Waals surface area contributed by atoms with Crippen LogP contribution in [0.4, 0.5) is 5.69 Å². The summed E-state index contributed by atoms with van der Waals surface area (Å²) < 4.78 is 0. The van der Waals surface area contributed by atoms with E-state index in [-0.39, 0.29) is 18.3 Å². The smallest absolute Gasteiger partial charge is 0.239 e. The summed E-state index contributed by atoms with van der Waals surface area (Å²) in [7, 11) is 0. The maximum Gasteiger partial charge on any atom is 0.239 e. The van der Waals surface area contributed by atoms with Crippen molar-refractivity contribution < 1.29 is 4.79 Å². The Labute approximate surface area is 157 Å². The highest BCUT2D eigenvalue weighted by Gasteiger charge is 2.52. The lowest BCUT2D eigenvalue weighted by Crippen LogP contribution is -2.41. The molecule has 0 aliphatic carbocycles. The molecular weight excluding hydrogens is 367 g/mol. The zero-order valence-corrected chi connectivity index (χ0v) is 15.2. The normalized spacial score (nSPS) is 21.9. The van der Waals surface area contributed by atoms with Crippen LogP contribution >= 0.6 is 35.6 Å². The number of carbonyl (C=O) groups is 1. The van der Waals surface area contributed by atoms with Gasteiger partial charge in [-0.25, -0.2) is 0 Å². The molecule has 1 saturated heterocycles. The summed E-state index contributed by atoms with van der Waals surface area (Å²) >= 11 is 12.1. The lowest BCUT2D eigenvalue weighted by Gasteiger charge is -2.23. The molecule has 1 N–H and O–H groups in total. The number of amides is 1. The van der Waals surface area contributed by atoms with Crippen LogP contribution in [-0.4, -0.2) is 19.0 Å². The summed E-state index contributed by atoms with van der Waals surface area (Å²) in [5.74, 6) is 0.176. The molecule has 2 aromatic rings. The van der Waals surface area contributed by atoms with E-state index in [4.69, 9.17) is 23.2 Å². The molecule has 1 fully saturated rings. The number of nitrogens with one attached hydrogen (secondary N) is 1. The first-order valence-corrected chi connectivity index (χ1v) is 8.43. The average Bonchev–Trinajstić information content (AvgIpc) is 3.13. The van der Waals surface area contributed by atoms with E-state index in [9.17, 15) is 4.79 Å². The van der Waals surface area contributed by atoms with Gasteiger partial charge in [0.25, 0.3) is 0 Å². The number of rotatable bonds is 2. The minimum atomic E-state index is -0.410. The van der Waals surface area contributed by atoms with Gasteiger partial charge >= 0.3 is 0 Å². The molecule has 126 valence electrons. The Kier molecular flexibility index (Phi) is 4.80. The van der Waals surface area contributed by atoms with Crippen LogP contribution in [0.15, 0.2) is 42.5 Å². The van der Waals surface area contributed by atoms with Crippen LogP contribution in [0.5, 0.6) is 0 Å². The first-order chi connectivity index (χ1) is 11.1. The molecule has 2 heterocycles. The van der Waals surface area contributed by atoms with Crippen LogP contribution in [-0.2, 0) is 16.8 Å². The third-order valence-electron chi connectivity index (χ3n) is 4.84. The van der Waals surface area contributed by atoms with Crippen molar-refractivity contribution in [2.24, 2.45) is 0 Å². The van der Waals surface area contributed by atoms with E-state index in [0.717, 1.165) is 29.8 Å². The Morgan fingerprint density at radius 2 is 1.92 bits per heavy atom. The van der Waals surface area contributed by atoms with Crippen molar-refractivity contribution in [3.05, 3.63) is 63.6 Å². The van der Waals surface area contributed by atoms with Crippen molar-refractivity contribution in [3.8, 4) is 0 Å². The summed E-state index contributed by atoms with van der Waals surface area (Å²) in [4.78, 5) is 15.0. The lowest BCUT2D eigenvalue weighted by molar-refractivity contribution is -0.122. The molecule has 1 unspecified atom stereocenters. The van der Waals surface area contributed by atoms with E-state index in [1.165, 1.54) is 0 Å². The average molecular weight is 384 g/mol. The predicted octanol–water partition coefficient (Wildman–Crippen LogP) is 4.19. The molecule has 2 aliphatic rings. The monoisotopic (exact) mass is 382 g/mol. The number of hydrogen-bond acceptors (Lipinski definition) is 2.